The van der Waals surface area contributed by atoms with Gasteiger partial charge in [-0.3, -0.25) is 4.79 Å². The summed E-state index contributed by atoms with van der Waals surface area (Å²) in [6, 6.07) is 7.89. The minimum absolute atomic E-state index is 0.0548. The van der Waals surface area contributed by atoms with E-state index in [1.54, 1.807) is 7.11 Å². The van der Waals surface area contributed by atoms with Crippen LogP contribution in [0.5, 0.6) is 5.75 Å². The molecule has 0 unspecified atom stereocenters. The molecule has 1 aromatic carbocycles. The molecule has 0 radical (unpaired) electrons. The monoisotopic (exact) mass is 319 g/mol. The van der Waals surface area contributed by atoms with Crippen molar-refractivity contribution in [2.24, 2.45) is 5.92 Å². The number of hydrogen-bond acceptors (Lipinski definition) is 4. The quantitative estimate of drug-likeness (QED) is 0.835. The van der Waals surface area contributed by atoms with E-state index in [0.717, 1.165) is 43.7 Å². The van der Waals surface area contributed by atoms with Gasteiger partial charge in [-0.05, 0) is 30.9 Å². The number of para-hydroxylation sites is 1. The molecule has 2 heterocycles. The lowest BCUT2D eigenvalue weighted by Gasteiger charge is -2.34. The average Bonchev–Trinajstić information content (AvgIpc) is 3.14. The topological polar surface area (TPSA) is 48.0 Å². The van der Waals surface area contributed by atoms with Crippen molar-refractivity contribution in [2.75, 3.05) is 33.4 Å². The van der Waals surface area contributed by atoms with Gasteiger partial charge in [-0.25, -0.2) is 0 Å². The normalized spacial score (nSPS) is 20.0. The Bertz CT molecular complexity index is 520. The van der Waals surface area contributed by atoms with Crippen LogP contribution in [0.1, 0.15) is 24.8 Å². The largest absolute Gasteiger partial charge is 0.496 e. The molecular formula is C18H25NO4. The van der Waals surface area contributed by atoms with E-state index in [4.69, 9.17) is 14.2 Å². The Morgan fingerprint density at radius 1 is 1.22 bits per heavy atom. The van der Waals surface area contributed by atoms with Gasteiger partial charge in [-0.2, -0.15) is 0 Å². The first-order valence-electron chi connectivity index (χ1n) is 8.41. The van der Waals surface area contributed by atoms with Crippen molar-refractivity contribution in [1.82, 2.24) is 4.90 Å². The lowest BCUT2D eigenvalue weighted by atomic mass is 9.95. The Morgan fingerprint density at radius 2 is 1.91 bits per heavy atom. The number of carbonyl (C=O) groups is 1. The zero-order valence-corrected chi connectivity index (χ0v) is 13.7. The first-order valence-corrected chi connectivity index (χ1v) is 8.41. The van der Waals surface area contributed by atoms with Gasteiger partial charge in [-0.1, -0.05) is 18.2 Å². The molecule has 126 valence electrons. The highest BCUT2D eigenvalue weighted by molar-refractivity contribution is 5.76. The third-order valence-electron chi connectivity index (χ3n) is 4.73. The molecule has 0 N–H and O–H groups in total. The standard InChI is InChI=1S/C18H25NO4/c1-21-16-5-3-2-4-14(16)6-7-17(20)19-10-8-15(9-11-19)18-22-12-13-23-18/h2-5,15,18H,6-13H2,1H3. The van der Waals surface area contributed by atoms with Crippen molar-refractivity contribution in [3.05, 3.63) is 29.8 Å². The highest BCUT2D eigenvalue weighted by Gasteiger charge is 2.31. The number of nitrogens with zero attached hydrogens (tertiary/aromatic N) is 1. The van der Waals surface area contributed by atoms with Gasteiger partial charge in [-0.15, -0.1) is 0 Å². The van der Waals surface area contributed by atoms with Crippen LogP contribution in [-0.4, -0.2) is 50.5 Å². The number of methoxy groups -OCH3 is 1. The van der Waals surface area contributed by atoms with E-state index in [-0.39, 0.29) is 12.2 Å². The number of aryl methyl sites for hydroxylation is 1. The molecule has 0 saturated carbocycles. The van der Waals surface area contributed by atoms with Gasteiger partial charge in [0.25, 0.3) is 0 Å². The Morgan fingerprint density at radius 3 is 2.61 bits per heavy atom. The van der Waals surface area contributed by atoms with Gasteiger partial charge < -0.3 is 19.1 Å². The number of amides is 1. The molecule has 23 heavy (non-hydrogen) atoms. The summed E-state index contributed by atoms with van der Waals surface area (Å²) in [4.78, 5) is 14.4. The fourth-order valence-corrected chi connectivity index (χ4v) is 3.38. The van der Waals surface area contributed by atoms with Gasteiger partial charge in [0.2, 0.25) is 5.91 Å². The van der Waals surface area contributed by atoms with Crippen molar-refractivity contribution in [3.8, 4) is 5.75 Å². The molecule has 2 saturated heterocycles. The van der Waals surface area contributed by atoms with Crippen LogP contribution in [0.3, 0.4) is 0 Å². The van der Waals surface area contributed by atoms with Crippen LogP contribution in [0.15, 0.2) is 24.3 Å². The van der Waals surface area contributed by atoms with E-state index >= 15 is 0 Å². The maximum atomic E-state index is 12.4. The van der Waals surface area contributed by atoms with Gasteiger partial charge >= 0.3 is 0 Å². The van der Waals surface area contributed by atoms with Crippen molar-refractivity contribution in [1.29, 1.82) is 0 Å². The summed E-state index contributed by atoms with van der Waals surface area (Å²) < 4.78 is 16.5. The second-order valence-electron chi connectivity index (χ2n) is 6.14. The number of rotatable bonds is 5. The average molecular weight is 319 g/mol. The Balaban J connectivity index is 1.46. The first-order chi connectivity index (χ1) is 11.3. The van der Waals surface area contributed by atoms with Crippen molar-refractivity contribution < 1.29 is 19.0 Å². The Kier molecular flexibility index (Phi) is 5.51. The summed E-state index contributed by atoms with van der Waals surface area (Å²) in [5, 5.41) is 0. The Labute approximate surface area is 137 Å². The van der Waals surface area contributed by atoms with Gasteiger partial charge in [0.05, 0.1) is 20.3 Å². The van der Waals surface area contributed by atoms with Crippen molar-refractivity contribution in [3.63, 3.8) is 0 Å². The molecule has 1 aromatic rings. The molecule has 5 nitrogen and oxygen atoms in total. The minimum atomic E-state index is -0.0548. The molecule has 0 aromatic heterocycles. The van der Waals surface area contributed by atoms with Crippen LogP contribution in [-0.2, 0) is 20.7 Å². The van der Waals surface area contributed by atoms with E-state index in [1.807, 2.05) is 29.2 Å². The van der Waals surface area contributed by atoms with E-state index in [1.165, 1.54) is 0 Å². The third kappa shape index (κ3) is 4.03. The zero-order valence-electron chi connectivity index (χ0n) is 13.7. The summed E-state index contributed by atoms with van der Waals surface area (Å²) in [6.07, 6.45) is 3.12. The van der Waals surface area contributed by atoms with Crippen LogP contribution in [0.25, 0.3) is 0 Å². The van der Waals surface area contributed by atoms with E-state index in [0.29, 0.717) is 25.6 Å². The molecular weight excluding hydrogens is 294 g/mol. The van der Waals surface area contributed by atoms with E-state index in [2.05, 4.69) is 0 Å². The Hall–Kier alpha value is -1.59. The second-order valence-corrected chi connectivity index (χ2v) is 6.14. The van der Waals surface area contributed by atoms with E-state index in [9.17, 15) is 4.79 Å². The van der Waals surface area contributed by atoms with Gasteiger partial charge in [0.1, 0.15) is 5.75 Å². The summed E-state index contributed by atoms with van der Waals surface area (Å²) in [6.45, 7) is 3.00. The van der Waals surface area contributed by atoms with Gasteiger partial charge in [0, 0.05) is 25.4 Å². The number of hydrogen-bond donors (Lipinski definition) is 0. The maximum absolute atomic E-state index is 12.4. The summed E-state index contributed by atoms with van der Waals surface area (Å²) in [5.74, 6) is 1.51. The molecule has 2 fully saturated rings. The fraction of sp³-hybridized carbons (Fsp3) is 0.611. The highest BCUT2D eigenvalue weighted by Crippen LogP contribution is 2.26. The maximum Gasteiger partial charge on any atom is 0.222 e. The van der Waals surface area contributed by atoms with Crippen LogP contribution in [0, 0.1) is 5.92 Å². The fourth-order valence-electron chi connectivity index (χ4n) is 3.38. The number of benzene rings is 1. The van der Waals surface area contributed by atoms with Crippen LogP contribution in [0.4, 0.5) is 0 Å². The molecule has 2 aliphatic rings. The first kappa shape index (κ1) is 16.3. The van der Waals surface area contributed by atoms with Crippen LogP contribution in [0.2, 0.25) is 0 Å². The number of ether oxygens (including phenoxy) is 3. The zero-order chi connectivity index (χ0) is 16.1. The molecule has 0 atom stereocenters. The SMILES string of the molecule is COc1ccccc1CCC(=O)N1CCC(C2OCCO2)CC1. The summed E-state index contributed by atoms with van der Waals surface area (Å²) >= 11 is 0. The van der Waals surface area contributed by atoms with Crippen LogP contribution >= 0.6 is 0 Å². The number of piperidine rings is 1. The summed E-state index contributed by atoms with van der Waals surface area (Å²) in [5.41, 5.74) is 1.09. The molecule has 2 aliphatic heterocycles. The lowest BCUT2D eigenvalue weighted by Crippen LogP contribution is -2.41. The van der Waals surface area contributed by atoms with Crippen molar-refractivity contribution in [2.45, 2.75) is 32.0 Å². The van der Waals surface area contributed by atoms with Crippen molar-refractivity contribution >= 4 is 5.91 Å². The molecule has 0 aliphatic carbocycles. The molecule has 5 heteroatoms. The van der Waals surface area contributed by atoms with E-state index < -0.39 is 0 Å². The van der Waals surface area contributed by atoms with Crippen LogP contribution < -0.4 is 4.74 Å². The smallest absolute Gasteiger partial charge is 0.222 e. The minimum Gasteiger partial charge on any atom is -0.496 e. The summed E-state index contributed by atoms with van der Waals surface area (Å²) in [7, 11) is 1.67. The lowest BCUT2D eigenvalue weighted by molar-refractivity contribution is -0.136. The number of carbonyl (C=O) groups excluding carboxylic acids is 1. The number of likely N-dealkylation sites (tertiary alicyclic amines) is 1. The highest BCUT2D eigenvalue weighted by atomic mass is 16.7. The second kappa shape index (κ2) is 7.79. The predicted molar refractivity (Wildman–Crippen MR) is 86.3 cm³/mol. The molecule has 0 bridgehead atoms. The predicted octanol–water partition coefficient (Wildman–Crippen LogP) is 2.24. The molecule has 1 amide bonds. The van der Waals surface area contributed by atoms with Gasteiger partial charge in [0.15, 0.2) is 6.29 Å². The molecule has 0 spiro atoms. The molecule has 3 rings (SSSR count). The third-order valence-corrected chi connectivity index (χ3v) is 4.73.